The van der Waals surface area contributed by atoms with Crippen LogP contribution in [-0.2, 0) is 0 Å². The van der Waals surface area contributed by atoms with Gasteiger partial charge < -0.3 is 19.2 Å². The van der Waals surface area contributed by atoms with Crippen LogP contribution in [-0.4, -0.2) is 42.2 Å². The zero-order chi connectivity index (χ0) is 21.4. The average molecular weight is 406 g/mol. The summed E-state index contributed by atoms with van der Waals surface area (Å²) in [6, 6.07) is 9.46. The SMILES string of the molecule is COc1cc(/C=N/n2c(C)nc3c([nH]c4ccc(C)cc43)c2=O)cc(OC)c1OC. The van der Waals surface area contributed by atoms with Gasteiger partial charge in [-0.15, -0.1) is 0 Å². The van der Waals surface area contributed by atoms with Crippen molar-refractivity contribution in [1.82, 2.24) is 14.6 Å². The van der Waals surface area contributed by atoms with E-state index in [9.17, 15) is 4.79 Å². The van der Waals surface area contributed by atoms with E-state index in [1.807, 2.05) is 25.1 Å². The molecule has 1 N–H and O–H groups in total. The Balaban J connectivity index is 1.84. The number of nitrogens with zero attached hydrogens (tertiary/aromatic N) is 3. The molecule has 0 saturated heterocycles. The number of H-pyrrole nitrogens is 1. The molecule has 0 fully saturated rings. The van der Waals surface area contributed by atoms with Crippen LogP contribution in [0.3, 0.4) is 0 Å². The first kappa shape index (κ1) is 19.5. The second-order valence-electron chi connectivity index (χ2n) is 6.88. The Morgan fingerprint density at radius 1 is 1.03 bits per heavy atom. The van der Waals surface area contributed by atoms with Gasteiger partial charge in [0.2, 0.25) is 5.75 Å². The fourth-order valence-electron chi connectivity index (χ4n) is 3.46. The van der Waals surface area contributed by atoms with Crippen molar-refractivity contribution >= 4 is 28.2 Å². The zero-order valence-corrected chi connectivity index (χ0v) is 17.4. The quantitative estimate of drug-likeness (QED) is 0.513. The van der Waals surface area contributed by atoms with E-state index in [0.717, 1.165) is 16.5 Å². The lowest BCUT2D eigenvalue weighted by atomic mass is 10.1. The third kappa shape index (κ3) is 3.16. The summed E-state index contributed by atoms with van der Waals surface area (Å²) in [4.78, 5) is 20.9. The second kappa shape index (κ2) is 7.55. The van der Waals surface area contributed by atoms with Gasteiger partial charge in [0.15, 0.2) is 11.5 Å². The molecule has 0 bridgehead atoms. The summed E-state index contributed by atoms with van der Waals surface area (Å²) < 4.78 is 17.3. The van der Waals surface area contributed by atoms with Crippen LogP contribution in [0.15, 0.2) is 40.2 Å². The Bertz CT molecular complexity index is 1330. The molecule has 2 heterocycles. The van der Waals surface area contributed by atoms with Gasteiger partial charge >= 0.3 is 0 Å². The van der Waals surface area contributed by atoms with Gasteiger partial charge in [-0.25, -0.2) is 4.98 Å². The third-order valence-corrected chi connectivity index (χ3v) is 4.92. The Morgan fingerprint density at radius 2 is 1.73 bits per heavy atom. The van der Waals surface area contributed by atoms with E-state index >= 15 is 0 Å². The molecule has 0 spiro atoms. The van der Waals surface area contributed by atoms with E-state index in [1.54, 1.807) is 46.6 Å². The number of rotatable bonds is 5. The number of nitrogens with one attached hydrogen (secondary N) is 1. The minimum Gasteiger partial charge on any atom is -0.493 e. The van der Waals surface area contributed by atoms with Gasteiger partial charge in [-0.05, 0) is 38.1 Å². The predicted octanol–water partition coefficient (Wildman–Crippen LogP) is 3.40. The highest BCUT2D eigenvalue weighted by Crippen LogP contribution is 2.37. The van der Waals surface area contributed by atoms with Crippen molar-refractivity contribution in [3.05, 3.63) is 57.6 Å². The molecule has 0 atom stereocenters. The van der Waals surface area contributed by atoms with Crippen molar-refractivity contribution in [3.63, 3.8) is 0 Å². The third-order valence-electron chi connectivity index (χ3n) is 4.92. The summed E-state index contributed by atoms with van der Waals surface area (Å²) in [6.45, 7) is 3.76. The molecule has 8 heteroatoms. The molecule has 154 valence electrons. The molecule has 0 aliphatic carbocycles. The number of aromatic amines is 1. The molecular weight excluding hydrogens is 384 g/mol. The Kier molecular flexibility index (Phi) is 4.91. The molecule has 0 aliphatic heterocycles. The summed E-state index contributed by atoms with van der Waals surface area (Å²) in [5.74, 6) is 1.98. The molecule has 0 saturated carbocycles. The van der Waals surface area contributed by atoms with Crippen molar-refractivity contribution < 1.29 is 14.2 Å². The number of aryl methyl sites for hydroxylation is 2. The summed E-state index contributed by atoms with van der Waals surface area (Å²) >= 11 is 0. The normalized spacial score (nSPS) is 11.5. The Hall–Kier alpha value is -3.81. The van der Waals surface area contributed by atoms with Crippen LogP contribution in [0.5, 0.6) is 17.2 Å². The molecule has 8 nitrogen and oxygen atoms in total. The smallest absolute Gasteiger partial charge is 0.298 e. The number of hydrogen-bond donors (Lipinski definition) is 1. The van der Waals surface area contributed by atoms with Crippen molar-refractivity contribution in [2.45, 2.75) is 13.8 Å². The number of benzene rings is 2. The summed E-state index contributed by atoms with van der Waals surface area (Å²) in [6.07, 6.45) is 1.55. The largest absolute Gasteiger partial charge is 0.493 e. The van der Waals surface area contributed by atoms with Crippen LogP contribution in [0, 0.1) is 13.8 Å². The van der Waals surface area contributed by atoms with Crippen molar-refractivity contribution in [2.75, 3.05) is 21.3 Å². The van der Waals surface area contributed by atoms with Crippen LogP contribution in [0.4, 0.5) is 0 Å². The minimum atomic E-state index is -0.268. The fourth-order valence-corrected chi connectivity index (χ4v) is 3.46. The van der Waals surface area contributed by atoms with E-state index in [4.69, 9.17) is 14.2 Å². The van der Waals surface area contributed by atoms with Gasteiger partial charge in [-0.2, -0.15) is 9.78 Å². The molecule has 0 aliphatic rings. The van der Waals surface area contributed by atoms with Crippen molar-refractivity contribution in [2.24, 2.45) is 5.10 Å². The van der Waals surface area contributed by atoms with Crippen LogP contribution in [0.25, 0.3) is 21.9 Å². The maximum Gasteiger partial charge on any atom is 0.298 e. The first-order valence-corrected chi connectivity index (χ1v) is 9.33. The molecular formula is C22H22N4O4. The Labute approximate surface area is 172 Å². The topological polar surface area (TPSA) is 90.7 Å². The summed E-state index contributed by atoms with van der Waals surface area (Å²) in [7, 11) is 4.63. The second-order valence-corrected chi connectivity index (χ2v) is 6.88. The van der Waals surface area contributed by atoms with Crippen LogP contribution in [0.1, 0.15) is 17.0 Å². The highest BCUT2D eigenvalue weighted by Gasteiger charge is 2.15. The Morgan fingerprint density at radius 3 is 2.37 bits per heavy atom. The number of ether oxygens (including phenoxy) is 3. The monoisotopic (exact) mass is 406 g/mol. The van der Waals surface area contributed by atoms with E-state index in [1.165, 1.54) is 4.68 Å². The lowest BCUT2D eigenvalue weighted by Crippen LogP contribution is -2.20. The lowest BCUT2D eigenvalue weighted by Gasteiger charge is -2.12. The molecule has 4 rings (SSSR count). The van der Waals surface area contributed by atoms with Gasteiger partial charge in [0.05, 0.1) is 27.5 Å². The lowest BCUT2D eigenvalue weighted by molar-refractivity contribution is 0.324. The number of methoxy groups -OCH3 is 3. The molecule has 0 unspecified atom stereocenters. The summed E-state index contributed by atoms with van der Waals surface area (Å²) in [5.41, 5.74) is 3.45. The molecule has 30 heavy (non-hydrogen) atoms. The molecule has 2 aromatic carbocycles. The maximum absolute atomic E-state index is 13.1. The van der Waals surface area contributed by atoms with Crippen molar-refractivity contribution in [1.29, 1.82) is 0 Å². The molecule has 4 aromatic rings. The van der Waals surface area contributed by atoms with Gasteiger partial charge in [0.25, 0.3) is 5.56 Å². The van der Waals surface area contributed by atoms with Crippen LogP contribution in [0.2, 0.25) is 0 Å². The number of aromatic nitrogens is 3. The van der Waals surface area contributed by atoms with Crippen LogP contribution >= 0.6 is 0 Å². The first-order chi connectivity index (χ1) is 14.5. The maximum atomic E-state index is 13.1. The first-order valence-electron chi connectivity index (χ1n) is 9.33. The van der Waals surface area contributed by atoms with Crippen molar-refractivity contribution in [3.8, 4) is 17.2 Å². The summed E-state index contributed by atoms with van der Waals surface area (Å²) in [5, 5.41) is 5.29. The molecule has 0 radical (unpaired) electrons. The molecule has 2 aromatic heterocycles. The van der Waals surface area contributed by atoms with Crippen LogP contribution < -0.4 is 19.8 Å². The molecule has 0 amide bonds. The highest BCUT2D eigenvalue weighted by atomic mass is 16.5. The highest BCUT2D eigenvalue weighted by molar-refractivity contribution is 6.04. The van der Waals surface area contributed by atoms with Gasteiger partial charge in [0.1, 0.15) is 16.9 Å². The minimum absolute atomic E-state index is 0.268. The standard InChI is InChI=1S/C22H22N4O4/c1-12-6-7-16-15(8-12)19-20(25-16)22(27)26(13(2)24-19)23-11-14-9-17(28-3)21(30-5)18(10-14)29-4/h6-11,25H,1-5H3/b23-11+. The van der Waals surface area contributed by atoms with E-state index < -0.39 is 0 Å². The van der Waals surface area contributed by atoms with Gasteiger partial charge in [0, 0.05) is 16.5 Å². The predicted molar refractivity (Wildman–Crippen MR) is 116 cm³/mol. The van der Waals surface area contributed by atoms with E-state index in [-0.39, 0.29) is 5.56 Å². The van der Waals surface area contributed by atoms with Gasteiger partial charge in [-0.1, -0.05) is 11.6 Å². The van der Waals surface area contributed by atoms with Gasteiger partial charge in [-0.3, -0.25) is 4.79 Å². The van der Waals surface area contributed by atoms with E-state index in [0.29, 0.717) is 39.7 Å². The van der Waals surface area contributed by atoms with E-state index in [2.05, 4.69) is 15.1 Å². The average Bonchev–Trinajstić information content (AvgIpc) is 3.10. The zero-order valence-electron chi connectivity index (χ0n) is 17.4. The number of fused-ring (bicyclic) bond motifs is 3. The number of hydrogen-bond acceptors (Lipinski definition) is 6. The fraction of sp³-hybridized carbons (Fsp3) is 0.227.